The molecule has 1 saturated heterocycles. The molecule has 1 aliphatic rings. The lowest BCUT2D eigenvalue weighted by Gasteiger charge is -2.44. The molecule has 0 aliphatic carbocycles. The van der Waals surface area contributed by atoms with Gasteiger partial charge in [-0.05, 0) is 30.0 Å². The van der Waals surface area contributed by atoms with Crippen LogP contribution in [0.15, 0.2) is 24.3 Å². The van der Waals surface area contributed by atoms with Gasteiger partial charge in [0.05, 0.1) is 0 Å². The number of hydrogen-bond acceptors (Lipinski definition) is 9. The van der Waals surface area contributed by atoms with Crippen molar-refractivity contribution in [3.8, 4) is 5.75 Å². The number of rotatable bonds is 9. The van der Waals surface area contributed by atoms with E-state index < -0.39 is 54.5 Å². The van der Waals surface area contributed by atoms with Crippen LogP contribution in [0.3, 0.4) is 0 Å². The molecular formula is C24H33NO9. The van der Waals surface area contributed by atoms with Gasteiger partial charge < -0.3 is 29.0 Å². The lowest BCUT2D eigenvalue weighted by atomic mass is 9.96. The maximum atomic E-state index is 12.0. The van der Waals surface area contributed by atoms with Gasteiger partial charge >= 0.3 is 17.9 Å². The Morgan fingerprint density at radius 2 is 1.53 bits per heavy atom. The van der Waals surface area contributed by atoms with E-state index in [9.17, 15) is 19.2 Å². The molecule has 10 heteroatoms. The zero-order valence-electron chi connectivity index (χ0n) is 20.4. The van der Waals surface area contributed by atoms with Crippen LogP contribution < -0.4 is 10.1 Å². The van der Waals surface area contributed by atoms with Gasteiger partial charge in [0.2, 0.25) is 12.2 Å². The standard InChI is InChI=1S/C24H33NO9/c1-7-13(2)18-8-10-19(11-9-18)33-24-21(25-14(3)26)23(32-17(6)29)22(31-16(5)28)20(34-24)12-30-15(4)27/h8-11,13,20-24H,7,12H2,1-6H3,(H,25,26)/t13-,20+,21+,22-,23+,24+/m0/s1. The Balaban J connectivity index is 2.41. The molecule has 1 N–H and O–H groups in total. The second-order valence-electron chi connectivity index (χ2n) is 8.22. The molecule has 188 valence electrons. The molecule has 6 atom stereocenters. The Hall–Kier alpha value is -3.14. The van der Waals surface area contributed by atoms with Crippen molar-refractivity contribution in [1.29, 1.82) is 0 Å². The predicted molar refractivity (Wildman–Crippen MR) is 120 cm³/mol. The van der Waals surface area contributed by atoms with Crippen LogP contribution in [0.5, 0.6) is 5.75 Å². The minimum atomic E-state index is -1.16. The van der Waals surface area contributed by atoms with Crippen LogP contribution in [-0.4, -0.2) is 61.1 Å². The Kier molecular flexibility index (Phi) is 9.85. The third-order valence-corrected chi connectivity index (χ3v) is 5.38. The SMILES string of the molecule is CC[C@H](C)c1ccc(O[C@@H]2O[C@H](COC(C)=O)[C@H](OC(C)=O)[C@H](OC(C)=O)[C@H]2NC(C)=O)cc1. The van der Waals surface area contributed by atoms with E-state index in [-0.39, 0.29) is 6.61 Å². The summed E-state index contributed by atoms with van der Waals surface area (Å²) >= 11 is 0. The van der Waals surface area contributed by atoms with Crippen molar-refractivity contribution in [2.75, 3.05) is 6.61 Å². The topological polar surface area (TPSA) is 126 Å². The molecule has 0 saturated carbocycles. The minimum absolute atomic E-state index is 0.287. The molecule has 10 nitrogen and oxygen atoms in total. The number of esters is 3. The summed E-state index contributed by atoms with van der Waals surface area (Å²) in [6.07, 6.45) is -3.51. The highest BCUT2D eigenvalue weighted by Crippen LogP contribution is 2.30. The molecule has 0 spiro atoms. The van der Waals surface area contributed by atoms with Crippen LogP contribution in [0.2, 0.25) is 0 Å². The quantitative estimate of drug-likeness (QED) is 0.419. The van der Waals surface area contributed by atoms with Gasteiger partial charge in [0.15, 0.2) is 12.2 Å². The van der Waals surface area contributed by atoms with E-state index in [0.29, 0.717) is 11.7 Å². The smallest absolute Gasteiger partial charge is 0.303 e. The highest BCUT2D eigenvalue weighted by atomic mass is 16.7. The van der Waals surface area contributed by atoms with Crippen LogP contribution in [-0.2, 0) is 38.1 Å². The monoisotopic (exact) mass is 479 g/mol. The zero-order chi connectivity index (χ0) is 25.4. The van der Waals surface area contributed by atoms with Crippen LogP contribution in [0, 0.1) is 0 Å². The third-order valence-electron chi connectivity index (χ3n) is 5.38. The molecule has 1 aromatic rings. The number of amides is 1. The molecule has 1 aliphatic heterocycles. The number of ether oxygens (including phenoxy) is 5. The molecule has 1 heterocycles. The summed E-state index contributed by atoms with van der Waals surface area (Å²) in [6.45, 7) is 8.81. The number of carbonyl (C=O) groups is 4. The van der Waals surface area contributed by atoms with E-state index in [1.165, 1.54) is 27.7 Å². The van der Waals surface area contributed by atoms with E-state index in [1.807, 2.05) is 12.1 Å². The Morgan fingerprint density at radius 1 is 0.941 bits per heavy atom. The van der Waals surface area contributed by atoms with Gasteiger partial charge in [-0.2, -0.15) is 0 Å². The average Bonchev–Trinajstić information content (AvgIpc) is 2.75. The first-order valence-corrected chi connectivity index (χ1v) is 11.2. The lowest BCUT2D eigenvalue weighted by Crippen LogP contribution is -2.67. The fourth-order valence-corrected chi connectivity index (χ4v) is 3.64. The largest absolute Gasteiger partial charge is 0.463 e. The first kappa shape index (κ1) is 27.1. The summed E-state index contributed by atoms with van der Waals surface area (Å²) in [5.74, 6) is -1.52. The zero-order valence-corrected chi connectivity index (χ0v) is 20.4. The van der Waals surface area contributed by atoms with Crippen LogP contribution in [0.4, 0.5) is 0 Å². The van der Waals surface area contributed by atoms with Crippen LogP contribution in [0.25, 0.3) is 0 Å². The summed E-state index contributed by atoms with van der Waals surface area (Å²) in [6, 6.07) is 6.39. The van der Waals surface area contributed by atoms with E-state index in [0.717, 1.165) is 12.0 Å². The Labute approximate surface area is 199 Å². The van der Waals surface area contributed by atoms with E-state index in [4.69, 9.17) is 23.7 Å². The summed E-state index contributed by atoms with van der Waals surface area (Å²) in [5, 5.41) is 2.67. The molecule has 1 aromatic carbocycles. The number of carbonyl (C=O) groups excluding carboxylic acids is 4. The lowest BCUT2D eigenvalue weighted by molar-refractivity contribution is -0.257. The molecular weight excluding hydrogens is 446 g/mol. The number of benzene rings is 1. The molecule has 0 bridgehead atoms. The van der Waals surface area contributed by atoms with Gasteiger partial charge in [0, 0.05) is 27.7 Å². The molecule has 34 heavy (non-hydrogen) atoms. The second-order valence-corrected chi connectivity index (χ2v) is 8.22. The minimum Gasteiger partial charge on any atom is -0.463 e. The normalized spacial score (nSPS) is 24.9. The Bertz CT molecular complexity index is 870. The molecule has 1 amide bonds. The first-order chi connectivity index (χ1) is 16.0. The van der Waals surface area contributed by atoms with Gasteiger partial charge in [-0.15, -0.1) is 0 Å². The highest BCUT2D eigenvalue weighted by molar-refractivity contribution is 5.73. The molecule has 2 rings (SSSR count). The van der Waals surface area contributed by atoms with Crippen molar-refractivity contribution in [3.05, 3.63) is 29.8 Å². The summed E-state index contributed by atoms with van der Waals surface area (Å²) in [5.41, 5.74) is 1.14. The molecule has 0 radical (unpaired) electrons. The number of nitrogens with one attached hydrogen (secondary N) is 1. The molecule has 0 aromatic heterocycles. The maximum absolute atomic E-state index is 12.0. The second kappa shape index (κ2) is 12.4. The van der Waals surface area contributed by atoms with E-state index in [2.05, 4.69) is 19.2 Å². The van der Waals surface area contributed by atoms with Gasteiger partial charge in [0.1, 0.15) is 24.5 Å². The van der Waals surface area contributed by atoms with Gasteiger partial charge in [-0.25, -0.2) is 0 Å². The van der Waals surface area contributed by atoms with Crippen molar-refractivity contribution < 1.29 is 42.9 Å². The van der Waals surface area contributed by atoms with Crippen molar-refractivity contribution in [2.24, 2.45) is 0 Å². The summed E-state index contributed by atoms with van der Waals surface area (Å²) in [7, 11) is 0. The van der Waals surface area contributed by atoms with Crippen molar-refractivity contribution in [1.82, 2.24) is 5.32 Å². The van der Waals surface area contributed by atoms with Crippen molar-refractivity contribution >= 4 is 23.8 Å². The van der Waals surface area contributed by atoms with Gasteiger partial charge in [-0.3, -0.25) is 19.2 Å². The molecule has 1 fully saturated rings. The number of hydrogen-bond donors (Lipinski definition) is 1. The van der Waals surface area contributed by atoms with Crippen LogP contribution in [0.1, 0.15) is 59.4 Å². The fraction of sp³-hybridized carbons (Fsp3) is 0.583. The summed E-state index contributed by atoms with van der Waals surface area (Å²) in [4.78, 5) is 47.1. The summed E-state index contributed by atoms with van der Waals surface area (Å²) < 4.78 is 27.9. The van der Waals surface area contributed by atoms with Crippen molar-refractivity contribution in [2.45, 2.75) is 84.5 Å². The van der Waals surface area contributed by atoms with Crippen molar-refractivity contribution in [3.63, 3.8) is 0 Å². The predicted octanol–water partition coefficient (Wildman–Crippen LogP) is 2.23. The first-order valence-electron chi connectivity index (χ1n) is 11.2. The average molecular weight is 480 g/mol. The highest BCUT2D eigenvalue weighted by Gasteiger charge is 2.51. The van der Waals surface area contributed by atoms with Crippen LogP contribution >= 0.6 is 0 Å². The third kappa shape index (κ3) is 7.72. The molecule has 0 unspecified atom stereocenters. The van der Waals surface area contributed by atoms with Gasteiger partial charge in [0.25, 0.3) is 0 Å². The fourth-order valence-electron chi connectivity index (χ4n) is 3.64. The Morgan fingerprint density at radius 3 is 2.03 bits per heavy atom. The van der Waals surface area contributed by atoms with E-state index >= 15 is 0 Å². The maximum Gasteiger partial charge on any atom is 0.303 e. The van der Waals surface area contributed by atoms with Gasteiger partial charge in [-0.1, -0.05) is 26.0 Å². The van der Waals surface area contributed by atoms with E-state index in [1.54, 1.807) is 12.1 Å².